The van der Waals surface area contributed by atoms with Crippen LogP contribution in [0.3, 0.4) is 0 Å². The van der Waals surface area contributed by atoms with E-state index in [0.717, 1.165) is 5.92 Å². The highest BCUT2D eigenvalue weighted by molar-refractivity contribution is 7.10. The van der Waals surface area contributed by atoms with Gasteiger partial charge in [0.05, 0.1) is 0 Å². The van der Waals surface area contributed by atoms with Crippen molar-refractivity contribution in [2.45, 2.75) is 32.2 Å². The molecular formula is C10H15NS. The molecular weight excluding hydrogens is 166 g/mol. The van der Waals surface area contributed by atoms with E-state index in [1.807, 2.05) is 11.3 Å². The van der Waals surface area contributed by atoms with Crippen molar-refractivity contribution in [2.24, 2.45) is 11.7 Å². The molecule has 66 valence electrons. The van der Waals surface area contributed by atoms with Gasteiger partial charge in [-0.3, -0.25) is 0 Å². The fourth-order valence-electron chi connectivity index (χ4n) is 2.34. The predicted octanol–water partition coefficient (Wildman–Crippen LogP) is 2.37. The molecule has 2 rings (SSSR count). The number of rotatable bonds is 1. The summed E-state index contributed by atoms with van der Waals surface area (Å²) in [6.45, 7) is 4.43. The minimum absolute atomic E-state index is 0.302. The lowest BCUT2D eigenvalue weighted by Gasteiger charge is -2.19. The number of hydrogen-bond donors (Lipinski definition) is 1. The van der Waals surface area contributed by atoms with Gasteiger partial charge >= 0.3 is 0 Å². The summed E-state index contributed by atoms with van der Waals surface area (Å²) in [4.78, 5) is 1.56. The topological polar surface area (TPSA) is 26.0 Å². The number of nitrogens with two attached hydrogens (primary N) is 1. The van der Waals surface area contributed by atoms with E-state index in [0.29, 0.717) is 12.0 Å². The molecule has 1 nitrogen and oxygen atoms in total. The summed E-state index contributed by atoms with van der Waals surface area (Å²) in [5.41, 5.74) is 7.48. The Bertz CT molecular complexity index is 277. The van der Waals surface area contributed by atoms with E-state index in [4.69, 9.17) is 5.73 Å². The Morgan fingerprint density at radius 1 is 1.67 bits per heavy atom. The van der Waals surface area contributed by atoms with E-state index in [9.17, 15) is 0 Å². The SMILES string of the molecule is CC(N)C1c2ccsc2CC1C. The molecule has 0 spiro atoms. The second-order valence-electron chi connectivity index (χ2n) is 3.87. The Kier molecular flexibility index (Phi) is 1.97. The Balaban J connectivity index is 2.35. The third kappa shape index (κ3) is 1.10. The van der Waals surface area contributed by atoms with E-state index in [1.165, 1.54) is 12.0 Å². The quantitative estimate of drug-likeness (QED) is 0.707. The molecule has 1 aliphatic rings. The van der Waals surface area contributed by atoms with Crippen molar-refractivity contribution < 1.29 is 0 Å². The van der Waals surface area contributed by atoms with Crippen molar-refractivity contribution >= 4 is 11.3 Å². The summed E-state index contributed by atoms with van der Waals surface area (Å²) >= 11 is 1.88. The Morgan fingerprint density at radius 2 is 2.42 bits per heavy atom. The first-order valence-corrected chi connectivity index (χ1v) is 5.40. The highest BCUT2D eigenvalue weighted by Gasteiger charge is 2.32. The molecule has 0 aliphatic heterocycles. The van der Waals surface area contributed by atoms with E-state index < -0.39 is 0 Å². The normalized spacial score (nSPS) is 30.2. The molecule has 0 bridgehead atoms. The molecule has 0 aromatic carbocycles. The highest BCUT2D eigenvalue weighted by Crippen LogP contribution is 2.41. The summed E-state index contributed by atoms with van der Waals surface area (Å²) < 4.78 is 0. The van der Waals surface area contributed by atoms with Gasteiger partial charge in [-0.05, 0) is 36.3 Å². The van der Waals surface area contributed by atoms with Crippen LogP contribution in [0.4, 0.5) is 0 Å². The van der Waals surface area contributed by atoms with Gasteiger partial charge < -0.3 is 5.73 Å². The van der Waals surface area contributed by atoms with Crippen molar-refractivity contribution in [2.75, 3.05) is 0 Å². The van der Waals surface area contributed by atoms with Crippen molar-refractivity contribution in [3.05, 3.63) is 21.9 Å². The van der Waals surface area contributed by atoms with Gasteiger partial charge in [-0.2, -0.15) is 0 Å². The standard InChI is InChI=1S/C10H15NS/c1-6-5-9-8(3-4-12-9)10(6)7(2)11/h3-4,6-7,10H,5,11H2,1-2H3. The monoisotopic (exact) mass is 181 g/mol. The van der Waals surface area contributed by atoms with E-state index >= 15 is 0 Å². The molecule has 3 unspecified atom stereocenters. The maximum absolute atomic E-state index is 5.97. The minimum atomic E-state index is 0.302. The van der Waals surface area contributed by atoms with Crippen molar-refractivity contribution in [1.29, 1.82) is 0 Å². The fourth-order valence-corrected chi connectivity index (χ4v) is 3.42. The molecule has 12 heavy (non-hydrogen) atoms. The van der Waals surface area contributed by atoms with Gasteiger partial charge in [0.15, 0.2) is 0 Å². The maximum Gasteiger partial charge on any atom is 0.00836 e. The van der Waals surface area contributed by atoms with Crippen LogP contribution >= 0.6 is 11.3 Å². The van der Waals surface area contributed by atoms with Gasteiger partial charge in [-0.1, -0.05) is 6.92 Å². The average Bonchev–Trinajstić information content (AvgIpc) is 2.44. The van der Waals surface area contributed by atoms with Gasteiger partial charge in [0.25, 0.3) is 0 Å². The number of fused-ring (bicyclic) bond motifs is 1. The zero-order valence-electron chi connectivity index (χ0n) is 7.58. The predicted molar refractivity (Wildman–Crippen MR) is 53.6 cm³/mol. The first kappa shape index (κ1) is 8.27. The third-order valence-electron chi connectivity index (χ3n) is 2.83. The molecule has 0 saturated heterocycles. The van der Waals surface area contributed by atoms with Gasteiger partial charge in [0, 0.05) is 16.8 Å². The molecule has 1 aliphatic carbocycles. The second-order valence-corrected chi connectivity index (χ2v) is 4.87. The largest absolute Gasteiger partial charge is 0.327 e. The van der Waals surface area contributed by atoms with Crippen LogP contribution in [0.5, 0.6) is 0 Å². The lowest BCUT2D eigenvalue weighted by atomic mass is 9.89. The van der Waals surface area contributed by atoms with Crippen LogP contribution in [0.2, 0.25) is 0 Å². The zero-order valence-corrected chi connectivity index (χ0v) is 8.40. The van der Waals surface area contributed by atoms with Crippen LogP contribution in [-0.2, 0) is 6.42 Å². The molecule has 1 aromatic heterocycles. The van der Waals surface area contributed by atoms with Gasteiger partial charge in [0.2, 0.25) is 0 Å². The van der Waals surface area contributed by atoms with Crippen LogP contribution in [0.25, 0.3) is 0 Å². The molecule has 1 aromatic rings. The average molecular weight is 181 g/mol. The van der Waals surface area contributed by atoms with Crippen LogP contribution in [0, 0.1) is 5.92 Å². The smallest absolute Gasteiger partial charge is 0.00836 e. The maximum atomic E-state index is 5.97. The first-order chi connectivity index (χ1) is 5.70. The third-order valence-corrected chi connectivity index (χ3v) is 3.78. The summed E-state index contributed by atoms with van der Waals surface area (Å²) in [5, 5.41) is 2.19. The Morgan fingerprint density at radius 3 is 3.08 bits per heavy atom. The zero-order chi connectivity index (χ0) is 8.72. The van der Waals surface area contributed by atoms with E-state index in [2.05, 4.69) is 25.3 Å². The highest BCUT2D eigenvalue weighted by atomic mass is 32.1. The molecule has 0 radical (unpaired) electrons. The first-order valence-electron chi connectivity index (χ1n) is 4.52. The van der Waals surface area contributed by atoms with Crippen LogP contribution in [-0.4, -0.2) is 6.04 Å². The summed E-state index contributed by atoms with van der Waals surface area (Å²) in [6.07, 6.45) is 1.24. The Hall–Kier alpha value is -0.340. The van der Waals surface area contributed by atoms with Gasteiger partial charge in [-0.15, -0.1) is 11.3 Å². The van der Waals surface area contributed by atoms with E-state index in [-0.39, 0.29) is 0 Å². The molecule has 2 N–H and O–H groups in total. The summed E-state index contributed by atoms with van der Waals surface area (Å²) in [6, 6.07) is 2.55. The van der Waals surface area contributed by atoms with Crippen LogP contribution in [0.1, 0.15) is 30.2 Å². The summed E-state index contributed by atoms with van der Waals surface area (Å²) in [7, 11) is 0. The fraction of sp³-hybridized carbons (Fsp3) is 0.600. The molecule has 1 heterocycles. The molecule has 3 atom stereocenters. The van der Waals surface area contributed by atoms with Gasteiger partial charge in [0.1, 0.15) is 0 Å². The lowest BCUT2D eigenvalue weighted by molar-refractivity contribution is 0.439. The molecule has 0 amide bonds. The van der Waals surface area contributed by atoms with Crippen LogP contribution in [0.15, 0.2) is 11.4 Å². The van der Waals surface area contributed by atoms with Crippen molar-refractivity contribution in [3.8, 4) is 0 Å². The molecule has 0 fully saturated rings. The van der Waals surface area contributed by atoms with Crippen molar-refractivity contribution in [1.82, 2.24) is 0 Å². The number of thiophene rings is 1. The van der Waals surface area contributed by atoms with Gasteiger partial charge in [-0.25, -0.2) is 0 Å². The molecule has 2 heteroatoms. The second kappa shape index (κ2) is 2.86. The summed E-state index contributed by atoms with van der Waals surface area (Å²) in [5.74, 6) is 1.35. The minimum Gasteiger partial charge on any atom is -0.327 e. The lowest BCUT2D eigenvalue weighted by Crippen LogP contribution is -2.26. The van der Waals surface area contributed by atoms with Crippen LogP contribution < -0.4 is 5.73 Å². The number of hydrogen-bond acceptors (Lipinski definition) is 2. The van der Waals surface area contributed by atoms with E-state index in [1.54, 1.807) is 4.88 Å². The molecule has 0 saturated carbocycles. The Labute approximate surface area is 77.6 Å². The van der Waals surface area contributed by atoms with Crippen molar-refractivity contribution in [3.63, 3.8) is 0 Å².